The Labute approximate surface area is 167 Å². The molecule has 1 heterocycles. The van der Waals surface area contributed by atoms with Crippen LogP contribution in [0.5, 0.6) is 5.75 Å². The highest BCUT2D eigenvalue weighted by Crippen LogP contribution is 2.30. The number of halogens is 1. The van der Waals surface area contributed by atoms with E-state index in [0.29, 0.717) is 18.0 Å². The average molecular weight is 424 g/mol. The molecule has 3 aromatic rings. The molecule has 3 rings (SSSR count). The van der Waals surface area contributed by atoms with Crippen LogP contribution < -0.4 is 15.2 Å². The fraction of sp³-hybridized carbons (Fsp3) is 0.167. The van der Waals surface area contributed by atoms with Gasteiger partial charge in [0.15, 0.2) is 5.13 Å². The molecule has 9 heteroatoms. The number of methoxy groups -OCH3 is 1. The summed E-state index contributed by atoms with van der Waals surface area (Å²) in [7, 11) is -2.44. The summed E-state index contributed by atoms with van der Waals surface area (Å²) < 4.78 is 28.4. The minimum absolute atomic E-state index is 0.0160. The Balaban J connectivity index is 1.67. The second-order valence-electron chi connectivity index (χ2n) is 5.72. The number of aromatic nitrogens is 1. The minimum Gasteiger partial charge on any atom is -0.495 e. The maximum absolute atomic E-state index is 11.7. The molecular weight excluding hydrogens is 406 g/mol. The minimum atomic E-state index is -3.84. The highest BCUT2D eigenvalue weighted by atomic mass is 35.5. The number of ether oxygens (including phenoxy) is 1. The van der Waals surface area contributed by atoms with Crippen LogP contribution in [0.25, 0.3) is 11.3 Å². The van der Waals surface area contributed by atoms with Crippen LogP contribution in [-0.2, 0) is 16.4 Å². The van der Waals surface area contributed by atoms with E-state index in [9.17, 15) is 8.42 Å². The molecule has 3 N–H and O–H groups in total. The van der Waals surface area contributed by atoms with Gasteiger partial charge in [0.1, 0.15) is 10.6 Å². The zero-order valence-electron chi connectivity index (χ0n) is 14.5. The third-order valence-corrected chi connectivity index (χ3v) is 5.94. The van der Waals surface area contributed by atoms with Crippen LogP contribution in [0.1, 0.15) is 5.56 Å². The summed E-state index contributed by atoms with van der Waals surface area (Å²) in [5.41, 5.74) is 2.53. The number of primary sulfonamides is 1. The molecule has 0 unspecified atom stereocenters. The molecule has 2 aromatic carbocycles. The summed E-state index contributed by atoms with van der Waals surface area (Å²) in [6.07, 6.45) is 0.605. The molecule has 27 heavy (non-hydrogen) atoms. The lowest BCUT2D eigenvalue weighted by molar-refractivity contribution is 0.402. The van der Waals surface area contributed by atoms with Crippen molar-refractivity contribution < 1.29 is 13.2 Å². The number of hydrogen-bond donors (Lipinski definition) is 2. The van der Waals surface area contributed by atoms with E-state index in [-0.39, 0.29) is 10.6 Å². The van der Waals surface area contributed by atoms with Gasteiger partial charge in [-0.2, -0.15) is 0 Å². The van der Waals surface area contributed by atoms with Gasteiger partial charge >= 0.3 is 0 Å². The normalized spacial score (nSPS) is 11.4. The number of rotatable bonds is 7. The van der Waals surface area contributed by atoms with Gasteiger partial charge in [-0.1, -0.05) is 35.9 Å². The van der Waals surface area contributed by atoms with E-state index < -0.39 is 10.0 Å². The van der Waals surface area contributed by atoms with E-state index in [1.807, 2.05) is 35.7 Å². The first kappa shape index (κ1) is 19.6. The van der Waals surface area contributed by atoms with Gasteiger partial charge < -0.3 is 10.1 Å². The predicted molar refractivity (Wildman–Crippen MR) is 109 cm³/mol. The molecule has 0 aliphatic heterocycles. The van der Waals surface area contributed by atoms with Gasteiger partial charge in [-0.05, 0) is 30.2 Å². The van der Waals surface area contributed by atoms with Crippen molar-refractivity contribution in [3.8, 4) is 17.0 Å². The van der Waals surface area contributed by atoms with Crippen molar-refractivity contribution in [2.45, 2.75) is 11.3 Å². The van der Waals surface area contributed by atoms with Crippen LogP contribution in [0.4, 0.5) is 5.13 Å². The number of nitrogens with two attached hydrogens (primary N) is 1. The molecular formula is C18H18ClN3O3S2. The summed E-state index contributed by atoms with van der Waals surface area (Å²) in [6, 6.07) is 12.5. The van der Waals surface area contributed by atoms with Crippen molar-refractivity contribution in [1.82, 2.24) is 4.98 Å². The summed E-state index contributed by atoms with van der Waals surface area (Å²) in [5, 5.41) is 11.9. The molecule has 0 aliphatic carbocycles. The molecule has 0 bridgehead atoms. The van der Waals surface area contributed by atoms with Gasteiger partial charge in [-0.15, -0.1) is 11.3 Å². The van der Waals surface area contributed by atoms with Gasteiger partial charge in [0.25, 0.3) is 0 Å². The van der Waals surface area contributed by atoms with Gasteiger partial charge in [0.05, 0.1) is 12.8 Å². The van der Waals surface area contributed by atoms with Crippen molar-refractivity contribution in [3.05, 3.63) is 58.4 Å². The Bertz CT molecular complexity index is 1050. The monoisotopic (exact) mass is 423 g/mol. The summed E-state index contributed by atoms with van der Waals surface area (Å²) >= 11 is 7.69. The number of nitrogens with one attached hydrogen (secondary N) is 1. The van der Waals surface area contributed by atoms with Crippen LogP contribution in [0.2, 0.25) is 5.02 Å². The highest BCUT2D eigenvalue weighted by Gasteiger charge is 2.15. The molecule has 0 aliphatic rings. The molecule has 142 valence electrons. The maximum Gasteiger partial charge on any atom is 0.241 e. The molecule has 0 atom stereocenters. The second-order valence-corrected chi connectivity index (χ2v) is 8.52. The van der Waals surface area contributed by atoms with E-state index in [2.05, 4.69) is 10.3 Å². The number of nitrogens with zero attached hydrogens (tertiary/aromatic N) is 1. The fourth-order valence-electron chi connectivity index (χ4n) is 2.56. The Morgan fingerprint density at radius 3 is 2.74 bits per heavy atom. The fourth-order valence-corrected chi connectivity index (χ4v) is 4.28. The first-order valence-corrected chi connectivity index (χ1v) is 10.8. The van der Waals surface area contributed by atoms with E-state index in [1.165, 1.54) is 24.5 Å². The first-order chi connectivity index (χ1) is 12.9. The van der Waals surface area contributed by atoms with Gasteiger partial charge in [-0.3, -0.25) is 0 Å². The van der Waals surface area contributed by atoms with E-state index >= 15 is 0 Å². The quantitative estimate of drug-likeness (QED) is 0.603. The van der Waals surface area contributed by atoms with Crippen molar-refractivity contribution in [1.29, 1.82) is 0 Å². The Morgan fingerprint density at radius 1 is 1.26 bits per heavy atom. The summed E-state index contributed by atoms with van der Waals surface area (Å²) in [4.78, 5) is 4.53. The van der Waals surface area contributed by atoms with Crippen LogP contribution in [0.3, 0.4) is 0 Å². The van der Waals surface area contributed by atoms with Crippen LogP contribution in [0, 0.1) is 0 Å². The number of thiazole rings is 1. The van der Waals surface area contributed by atoms with Crippen LogP contribution in [-0.4, -0.2) is 27.1 Å². The van der Waals surface area contributed by atoms with Gasteiger partial charge in [0, 0.05) is 22.5 Å². The second kappa shape index (κ2) is 8.26. The van der Waals surface area contributed by atoms with Crippen molar-refractivity contribution in [3.63, 3.8) is 0 Å². The Kier molecular flexibility index (Phi) is 6.01. The molecule has 0 spiro atoms. The highest BCUT2D eigenvalue weighted by molar-refractivity contribution is 7.89. The standard InChI is InChI=1S/C18H18ClN3O3S2/c1-25-16-7-6-12(10-17(16)27(20,23)24)8-9-21-18-22-15(11-26-18)13-4-2-3-5-14(13)19/h2-7,10-11H,8-9H2,1H3,(H,21,22)(H2,20,23,24). The van der Waals surface area contributed by atoms with Crippen molar-refractivity contribution in [2.24, 2.45) is 5.14 Å². The number of hydrogen-bond acceptors (Lipinski definition) is 6. The van der Waals surface area contributed by atoms with E-state index in [4.69, 9.17) is 21.5 Å². The maximum atomic E-state index is 11.7. The SMILES string of the molecule is COc1ccc(CCNc2nc(-c3ccccc3Cl)cs2)cc1S(N)(=O)=O. The molecule has 0 radical (unpaired) electrons. The lowest BCUT2D eigenvalue weighted by Crippen LogP contribution is -2.14. The van der Waals surface area contributed by atoms with Crippen molar-refractivity contribution in [2.75, 3.05) is 19.0 Å². The number of anilines is 1. The topological polar surface area (TPSA) is 94.3 Å². The largest absolute Gasteiger partial charge is 0.495 e. The lowest BCUT2D eigenvalue weighted by Gasteiger charge is -2.09. The average Bonchev–Trinajstić information content (AvgIpc) is 3.10. The Hall–Kier alpha value is -2.13. The van der Waals surface area contributed by atoms with E-state index in [0.717, 1.165) is 22.0 Å². The smallest absolute Gasteiger partial charge is 0.241 e. The van der Waals surface area contributed by atoms with E-state index in [1.54, 1.807) is 6.07 Å². The molecule has 1 aromatic heterocycles. The molecule has 0 fully saturated rings. The summed E-state index contributed by atoms with van der Waals surface area (Å²) in [5.74, 6) is 0.235. The molecule has 0 amide bonds. The molecule has 0 saturated carbocycles. The third-order valence-electron chi connectivity index (χ3n) is 3.88. The van der Waals surface area contributed by atoms with Crippen LogP contribution in [0.15, 0.2) is 52.7 Å². The number of sulfonamides is 1. The number of benzene rings is 2. The molecule has 0 saturated heterocycles. The van der Waals surface area contributed by atoms with Crippen molar-refractivity contribution >= 4 is 38.1 Å². The van der Waals surface area contributed by atoms with Crippen LogP contribution >= 0.6 is 22.9 Å². The predicted octanol–water partition coefficient (Wildman–Crippen LogP) is 3.77. The van der Waals surface area contributed by atoms with Gasteiger partial charge in [-0.25, -0.2) is 18.5 Å². The zero-order valence-corrected chi connectivity index (χ0v) is 16.9. The first-order valence-electron chi connectivity index (χ1n) is 8.02. The zero-order chi connectivity index (χ0) is 19.4. The third kappa shape index (κ3) is 4.78. The Morgan fingerprint density at radius 2 is 2.04 bits per heavy atom. The van der Waals surface area contributed by atoms with Gasteiger partial charge in [0.2, 0.25) is 10.0 Å². The molecule has 6 nitrogen and oxygen atoms in total. The summed E-state index contributed by atoms with van der Waals surface area (Å²) in [6.45, 7) is 0.589. The lowest BCUT2D eigenvalue weighted by atomic mass is 10.1.